The topological polar surface area (TPSA) is 88.1 Å². The van der Waals surface area contributed by atoms with Gasteiger partial charge >= 0.3 is 0 Å². The average Bonchev–Trinajstić information content (AvgIpc) is 2.74. The van der Waals surface area contributed by atoms with Crippen molar-refractivity contribution in [2.45, 2.75) is 32.2 Å². The molecule has 4 heterocycles. The van der Waals surface area contributed by atoms with Gasteiger partial charge in [-0.3, -0.25) is 9.97 Å². The predicted octanol–water partition coefficient (Wildman–Crippen LogP) is 3.39. The number of nitrogens with zero attached hydrogens (tertiary/aromatic N) is 4. The molecule has 6 heteroatoms. The highest BCUT2D eigenvalue weighted by Gasteiger charge is 2.37. The highest BCUT2D eigenvalue weighted by Crippen LogP contribution is 2.43. The summed E-state index contributed by atoms with van der Waals surface area (Å²) in [4.78, 5) is 10.8. The number of hydrogen-bond donors (Lipinski definition) is 1. The molecule has 2 aliphatic rings. The summed E-state index contributed by atoms with van der Waals surface area (Å²) in [5, 5.41) is 9.81. The van der Waals surface area contributed by atoms with Crippen molar-refractivity contribution >= 4 is 0 Å². The van der Waals surface area contributed by atoms with Crippen molar-refractivity contribution in [3.8, 4) is 6.07 Å². The molecule has 0 saturated heterocycles. The fourth-order valence-corrected chi connectivity index (χ4v) is 3.83. The van der Waals surface area contributed by atoms with Crippen molar-refractivity contribution in [2.75, 3.05) is 6.54 Å². The van der Waals surface area contributed by atoms with E-state index in [9.17, 15) is 5.26 Å². The summed E-state index contributed by atoms with van der Waals surface area (Å²) >= 11 is 0. The van der Waals surface area contributed by atoms with Crippen molar-refractivity contribution in [2.24, 2.45) is 5.73 Å². The van der Waals surface area contributed by atoms with Crippen LogP contribution in [0.4, 0.5) is 0 Å². The molecule has 2 aliphatic heterocycles. The number of nitriles is 1. The van der Waals surface area contributed by atoms with Gasteiger partial charge in [-0.25, -0.2) is 0 Å². The zero-order valence-electron chi connectivity index (χ0n) is 16.5. The lowest BCUT2D eigenvalue weighted by Gasteiger charge is -2.38. The molecular weight excluding hydrogens is 362 g/mol. The predicted molar refractivity (Wildman–Crippen MR) is 110 cm³/mol. The van der Waals surface area contributed by atoms with Crippen LogP contribution in [-0.4, -0.2) is 27.5 Å². The van der Waals surface area contributed by atoms with E-state index >= 15 is 0 Å². The van der Waals surface area contributed by atoms with Crippen LogP contribution < -0.4 is 5.73 Å². The van der Waals surface area contributed by atoms with Gasteiger partial charge in [0.2, 0.25) is 5.88 Å². The summed E-state index contributed by atoms with van der Waals surface area (Å²) in [5.74, 6) is 0.655. The number of hydrogen-bond acceptors (Lipinski definition) is 6. The molecule has 4 rings (SSSR count). The molecule has 0 saturated carbocycles. The second-order valence-electron chi connectivity index (χ2n) is 7.52. The Labute approximate surface area is 170 Å². The zero-order chi connectivity index (χ0) is 20.4. The lowest BCUT2D eigenvalue weighted by atomic mass is 9.80. The van der Waals surface area contributed by atoms with Crippen LogP contribution in [0.5, 0.6) is 0 Å². The monoisotopic (exact) mass is 385 g/mol. The Bertz CT molecular complexity index is 1030. The minimum atomic E-state index is -0.267. The van der Waals surface area contributed by atoms with Gasteiger partial charge in [0.25, 0.3) is 0 Å². The first kappa shape index (κ1) is 18.8. The van der Waals surface area contributed by atoms with Gasteiger partial charge in [-0.1, -0.05) is 12.1 Å². The van der Waals surface area contributed by atoms with Crippen LogP contribution in [-0.2, 0) is 11.2 Å². The minimum Gasteiger partial charge on any atom is -0.440 e. The zero-order valence-corrected chi connectivity index (χ0v) is 16.5. The van der Waals surface area contributed by atoms with E-state index in [0.717, 1.165) is 28.0 Å². The molecule has 146 valence electrons. The fraction of sp³-hybridized carbons (Fsp3) is 0.261. The van der Waals surface area contributed by atoms with Gasteiger partial charge in [0.05, 0.1) is 5.92 Å². The van der Waals surface area contributed by atoms with Crippen molar-refractivity contribution in [1.82, 2.24) is 14.9 Å². The van der Waals surface area contributed by atoms with E-state index in [2.05, 4.69) is 41.0 Å². The fourth-order valence-electron chi connectivity index (χ4n) is 3.83. The van der Waals surface area contributed by atoms with Crippen LogP contribution in [0.1, 0.15) is 30.9 Å². The van der Waals surface area contributed by atoms with E-state index in [1.165, 1.54) is 0 Å². The van der Waals surface area contributed by atoms with E-state index in [4.69, 9.17) is 10.5 Å². The number of allylic oxidation sites excluding steroid dienone is 2. The molecule has 29 heavy (non-hydrogen) atoms. The maximum atomic E-state index is 9.81. The quantitative estimate of drug-likeness (QED) is 0.868. The van der Waals surface area contributed by atoms with Crippen LogP contribution in [0.25, 0.3) is 0 Å². The van der Waals surface area contributed by atoms with Crippen LogP contribution in [0, 0.1) is 11.3 Å². The average molecular weight is 385 g/mol. The van der Waals surface area contributed by atoms with Gasteiger partial charge in [0.15, 0.2) is 0 Å². The van der Waals surface area contributed by atoms with Crippen molar-refractivity contribution in [3.63, 3.8) is 0 Å². The molecule has 0 fully saturated rings. The van der Waals surface area contributed by atoms with E-state index < -0.39 is 0 Å². The molecule has 0 bridgehead atoms. The Kier molecular flexibility index (Phi) is 5.05. The van der Waals surface area contributed by atoms with Crippen molar-refractivity contribution in [1.29, 1.82) is 5.26 Å². The summed E-state index contributed by atoms with van der Waals surface area (Å²) < 4.78 is 6.04. The summed E-state index contributed by atoms with van der Waals surface area (Å²) in [7, 11) is 0. The lowest BCUT2D eigenvalue weighted by molar-refractivity contribution is 0.250. The maximum absolute atomic E-state index is 9.81. The second-order valence-corrected chi connectivity index (χ2v) is 7.52. The van der Waals surface area contributed by atoms with Crippen molar-refractivity contribution < 1.29 is 4.74 Å². The van der Waals surface area contributed by atoms with E-state index in [0.29, 0.717) is 24.6 Å². The Morgan fingerprint density at radius 1 is 1.24 bits per heavy atom. The molecule has 0 spiro atoms. The third kappa shape index (κ3) is 3.59. The molecule has 0 aromatic carbocycles. The first-order valence-corrected chi connectivity index (χ1v) is 9.64. The summed E-state index contributed by atoms with van der Waals surface area (Å²) in [6.07, 6.45) is 9.96. The molecular formula is C23H23N5O. The Morgan fingerprint density at radius 3 is 2.62 bits per heavy atom. The number of nitrogens with two attached hydrogens (primary N) is 1. The van der Waals surface area contributed by atoms with Gasteiger partial charge < -0.3 is 15.4 Å². The van der Waals surface area contributed by atoms with Crippen LogP contribution in [0.2, 0.25) is 0 Å². The Morgan fingerprint density at radius 2 is 2.00 bits per heavy atom. The molecule has 0 aliphatic carbocycles. The Balaban J connectivity index is 1.83. The smallest absolute Gasteiger partial charge is 0.205 e. The number of aromatic nitrogens is 2. The van der Waals surface area contributed by atoms with E-state index in [1.54, 1.807) is 18.6 Å². The lowest BCUT2D eigenvalue weighted by Crippen LogP contribution is -2.36. The highest BCUT2D eigenvalue weighted by molar-refractivity contribution is 5.54. The first-order valence-electron chi connectivity index (χ1n) is 9.64. The van der Waals surface area contributed by atoms with Crippen LogP contribution >= 0.6 is 0 Å². The highest BCUT2D eigenvalue weighted by atomic mass is 16.5. The van der Waals surface area contributed by atoms with Gasteiger partial charge in [-0.05, 0) is 37.1 Å². The summed E-state index contributed by atoms with van der Waals surface area (Å²) in [6.45, 7) is 4.98. The standard InChI is InChI=1S/C23H23N5O/c1-15(2)28-13-18(9-16-5-3-7-26-11-16)22-20(14-28)21(17-6-4-8-27-12-17)19(10-24)23(25)29-22/h3-8,11-13,15,21H,9,14,25H2,1-2H3/t21-/m1/s1. The molecule has 2 N–H and O–H groups in total. The largest absolute Gasteiger partial charge is 0.440 e. The third-order valence-electron chi connectivity index (χ3n) is 5.29. The van der Waals surface area contributed by atoms with Crippen LogP contribution in [0.3, 0.4) is 0 Å². The van der Waals surface area contributed by atoms with Crippen LogP contribution in [0.15, 0.2) is 83.6 Å². The van der Waals surface area contributed by atoms with Gasteiger partial charge in [0.1, 0.15) is 17.4 Å². The second kappa shape index (κ2) is 7.80. The number of ether oxygens (including phenoxy) is 1. The van der Waals surface area contributed by atoms with Crippen molar-refractivity contribution in [3.05, 3.63) is 94.7 Å². The molecule has 0 amide bonds. The van der Waals surface area contributed by atoms with Gasteiger partial charge in [-0.2, -0.15) is 5.26 Å². The van der Waals surface area contributed by atoms with Gasteiger partial charge in [-0.15, -0.1) is 0 Å². The normalized spacial score (nSPS) is 18.9. The molecule has 6 nitrogen and oxygen atoms in total. The molecule has 1 atom stereocenters. The molecule has 0 radical (unpaired) electrons. The first-order chi connectivity index (χ1) is 14.1. The third-order valence-corrected chi connectivity index (χ3v) is 5.29. The SMILES string of the molecule is CC(C)N1C=C(Cc2cccnc2)C2=C(C1)[C@H](c1cccnc1)C(C#N)=C(N)O2. The summed E-state index contributed by atoms with van der Waals surface area (Å²) in [6, 6.07) is 10.4. The summed E-state index contributed by atoms with van der Waals surface area (Å²) in [5.41, 5.74) is 10.7. The molecule has 2 aromatic rings. The number of pyridine rings is 2. The van der Waals surface area contributed by atoms with E-state index in [1.807, 2.05) is 30.5 Å². The van der Waals surface area contributed by atoms with Gasteiger partial charge in [0, 0.05) is 61.1 Å². The maximum Gasteiger partial charge on any atom is 0.205 e. The Hall–Kier alpha value is -3.59. The van der Waals surface area contributed by atoms with E-state index in [-0.39, 0.29) is 11.8 Å². The molecule has 2 aromatic heterocycles. The minimum absolute atomic E-state index is 0.162. The molecule has 0 unspecified atom stereocenters. The number of rotatable bonds is 4.